The summed E-state index contributed by atoms with van der Waals surface area (Å²) in [6.07, 6.45) is 0. The van der Waals surface area contributed by atoms with Crippen LogP contribution in [0.25, 0.3) is 76.1 Å². The van der Waals surface area contributed by atoms with Crippen LogP contribution in [0.5, 0.6) is 0 Å². The summed E-state index contributed by atoms with van der Waals surface area (Å²) in [6.45, 7) is 0. The van der Waals surface area contributed by atoms with Gasteiger partial charge in [0.25, 0.3) is 0 Å². The van der Waals surface area contributed by atoms with Crippen molar-refractivity contribution in [2.24, 2.45) is 0 Å². The van der Waals surface area contributed by atoms with Crippen molar-refractivity contribution < 1.29 is 0 Å². The Morgan fingerprint density at radius 2 is 0.689 bits per heavy atom. The van der Waals surface area contributed by atoms with Crippen LogP contribution in [0.3, 0.4) is 0 Å². The molecular formula is C38H17B7. The van der Waals surface area contributed by atoms with E-state index in [2.05, 4.69) is 91.0 Å². The molecule has 8 rings (SSSR count). The Kier molecular flexibility index (Phi) is 6.40. The van der Waals surface area contributed by atoms with Crippen molar-refractivity contribution in [1.82, 2.24) is 0 Å². The second-order valence-electron chi connectivity index (χ2n) is 11.6. The third-order valence-electron chi connectivity index (χ3n) is 9.25. The summed E-state index contributed by atoms with van der Waals surface area (Å²) >= 11 is 0. The molecule has 0 aliphatic rings. The standard InChI is InChI=1S/C38H17B7/c39-32-29(30-31(34(41)36(32)43)35(42)38(45)37(44)33(30)40)28-24-15-7-5-13-22(24)27(23-14-6-8-16-25(23)28)26-17-18-9-1-2-10-19(18)20-11-3-4-12-21(20)26/h1-17H. The molecule has 0 saturated heterocycles. The number of fused-ring (bicyclic) bond motifs is 6. The smallest absolute Gasteiger partial charge is 0.110 e. The number of benzene rings is 8. The Morgan fingerprint density at radius 3 is 1.24 bits per heavy atom. The van der Waals surface area contributed by atoms with E-state index in [4.69, 9.17) is 54.9 Å². The molecule has 0 fully saturated rings. The van der Waals surface area contributed by atoms with Crippen molar-refractivity contribution in [3.63, 3.8) is 0 Å². The fourth-order valence-electron chi connectivity index (χ4n) is 7.13. The zero-order valence-corrected chi connectivity index (χ0v) is 24.4. The highest BCUT2D eigenvalue weighted by Gasteiger charge is 2.23. The van der Waals surface area contributed by atoms with Crippen LogP contribution in [0.1, 0.15) is 0 Å². The van der Waals surface area contributed by atoms with Gasteiger partial charge in [-0.15, -0.1) is 16.4 Å². The maximum atomic E-state index is 6.88. The largest absolute Gasteiger partial charge is 0.113 e. The van der Waals surface area contributed by atoms with Crippen molar-refractivity contribution in [1.29, 1.82) is 0 Å². The maximum Gasteiger partial charge on any atom is 0.113 e. The predicted octanol–water partition coefficient (Wildman–Crippen LogP) is 2.34. The van der Waals surface area contributed by atoms with Gasteiger partial charge in [0, 0.05) is 0 Å². The first kappa shape index (κ1) is 28.0. The zero-order chi connectivity index (χ0) is 31.1. The van der Waals surface area contributed by atoms with E-state index in [0.717, 1.165) is 38.2 Å². The lowest BCUT2D eigenvalue weighted by atomic mass is 9.58. The highest BCUT2D eigenvalue weighted by molar-refractivity contribution is 6.72. The number of hydrogen-bond donors (Lipinski definition) is 0. The van der Waals surface area contributed by atoms with Crippen LogP contribution >= 0.6 is 0 Å². The molecule has 0 bridgehead atoms. The van der Waals surface area contributed by atoms with E-state index in [9.17, 15) is 0 Å². The molecule has 0 spiro atoms. The van der Waals surface area contributed by atoms with E-state index in [1.807, 2.05) is 12.1 Å². The predicted molar refractivity (Wildman–Crippen MR) is 203 cm³/mol. The minimum Gasteiger partial charge on any atom is -0.110 e. The summed E-state index contributed by atoms with van der Waals surface area (Å²) in [4.78, 5) is 0. The Bertz CT molecular complexity index is 2500. The highest BCUT2D eigenvalue weighted by atomic mass is 14.2. The average molecular weight is 549 g/mol. The molecule has 0 nitrogen and oxygen atoms in total. The van der Waals surface area contributed by atoms with Crippen molar-refractivity contribution >= 4 is 147 Å². The average Bonchev–Trinajstić information content (AvgIpc) is 3.07. The molecule has 0 aliphatic heterocycles. The van der Waals surface area contributed by atoms with Gasteiger partial charge in [-0.2, -0.15) is 0 Å². The molecule has 0 unspecified atom stereocenters. The van der Waals surface area contributed by atoms with E-state index in [1.54, 1.807) is 0 Å². The summed E-state index contributed by atoms with van der Waals surface area (Å²) in [5, 5.41) is 9.74. The third-order valence-corrected chi connectivity index (χ3v) is 9.25. The SMILES string of the molecule is [B]c1c([B])c([B])c2c(-c3c4ccccc4c(-c4cc5ccccc5c5ccccc45)c4ccccc34)c([B])c([B])c([B])c2c1[B]. The van der Waals surface area contributed by atoms with Gasteiger partial charge < -0.3 is 0 Å². The molecule has 45 heavy (non-hydrogen) atoms. The molecule has 0 saturated carbocycles. The van der Waals surface area contributed by atoms with E-state index in [1.165, 1.54) is 21.5 Å². The van der Waals surface area contributed by atoms with Crippen molar-refractivity contribution in [3.8, 4) is 22.3 Å². The van der Waals surface area contributed by atoms with Crippen LogP contribution in [0.2, 0.25) is 0 Å². The number of rotatable bonds is 2. The van der Waals surface area contributed by atoms with Gasteiger partial charge in [0.05, 0.1) is 0 Å². The van der Waals surface area contributed by atoms with Crippen LogP contribution in [-0.4, -0.2) is 54.9 Å². The molecular weight excluding hydrogens is 532 g/mol. The Morgan fingerprint density at radius 1 is 0.289 bits per heavy atom. The van der Waals surface area contributed by atoms with Gasteiger partial charge in [0.1, 0.15) is 54.9 Å². The van der Waals surface area contributed by atoms with Gasteiger partial charge in [0.15, 0.2) is 0 Å². The van der Waals surface area contributed by atoms with Crippen LogP contribution in [0.15, 0.2) is 103 Å². The lowest BCUT2D eigenvalue weighted by molar-refractivity contribution is 1.71. The molecule has 0 N–H and O–H groups in total. The lowest BCUT2D eigenvalue weighted by Crippen LogP contribution is -2.52. The summed E-state index contributed by atoms with van der Waals surface area (Å²) in [7, 11) is 46.0. The summed E-state index contributed by atoms with van der Waals surface area (Å²) < 4.78 is 0. The Balaban J connectivity index is 1.63. The summed E-state index contributed by atoms with van der Waals surface area (Å²) in [5.74, 6) is 0. The maximum absolute atomic E-state index is 6.88. The van der Waals surface area contributed by atoms with E-state index < -0.39 is 0 Å². The Labute approximate surface area is 271 Å². The van der Waals surface area contributed by atoms with Crippen LogP contribution in [-0.2, 0) is 0 Å². The van der Waals surface area contributed by atoms with Gasteiger partial charge >= 0.3 is 0 Å². The van der Waals surface area contributed by atoms with E-state index >= 15 is 0 Å². The molecule has 8 aromatic carbocycles. The highest BCUT2D eigenvalue weighted by Crippen LogP contribution is 2.46. The summed E-state index contributed by atoms with van der Waals surface area (Å²) in [5.41, 5.74) is 5.28. The molecule has 0 aromatic heterocycles. The minimum atomic E-state index is 0.162. The van der Waals surface area contributed by atoms with E-state index in [0.29, 0.717) is 21.8 Å². The number of hydrogen-bond acceptors (Lipinski definition) is 0. The topological polar surface area (TPSA) is 0 Å². The van der Waals surface area contributed by atoms with Gasteiger partial charge in [-0.05, 0) is 82.2 Å². The molecule has 0 amide bonds. The van der Waals surface area contributed by atoms with Crippen molar-refractivity contribution in [2.45, 2.75) is 0 Å². The first-order valence-electron chi connectivity index (χ1n) is 14.7. The fourth-order valence-corrected chi connectivity index (χ4v) is 7.13. The van der Waals surface area contributed by atoms with Crippen LogP contribution in [0.4, 0.5) is 0 Å². The monoisotopic (exact) mass is 550 g/mol. The van der Waals surface area contributed by atoms with Crippen LogP contribution in [0, 0.1) is 0 Å². The molecule has 7 heteroatoms. The molecule has 0 heterocycles. The molecule has 8 aromatic rings. The first-order valence-corrected chi connectivity index (χ1v) is 14.7. The van der Waals surface area contributed by atoms with Gasteiger partial charge in [-0.25, -0.2) is 0 Å². The van der Waals surface area contributed by atoms with Gasteiger partial charge in [-0.1, -0.05) is 119 Å². The second-order valence-corrected chi connectivity index (χ2v) is 11.6. The lowest BCUT2D eigenvalue weighted by Gasteiger charge is -2.27. The quantitative estimate of drug-likeness (QED) is 0.177. The molecule has 0 atom stereocenters. The second kappa shape index (κ2) is 10.3. The summed E-state index contributed by atoms with van der Waals surface area (Å²) in [6, 6.07) is 36.0. The van der Waals surface area contributed by atoms with Gasteiger partial charge in [0.2, 0.25) is 0 Å². The van der Waals surface area contributed by atoms with E-state index in [-0.39, 0.29) is 32.8 Å². The third kappa shape index (κ3) is 3.89. The van der Waals surface area contributed by atoms with Crippen molar-refractivity contribution in [2.75, 3.05) is 0 Å². The van der Waals surface area contributed by atoms with Gasteiger partial charge in [-0.3, -0.25) is 0 Å². The first-order chi connectivity index (χ1) is 21.8. The zero-order valence-electron chi connectivity index (χ0n) is 24.4. The molecule has 14 radical (unpaired) electrons. The van der Waals surface area contributed by atoms with Crippen molar-refractivity contribution in [3.05, 3.63) is 103 Å². The minimum absolute atomic E-state index is 0.162. The van der Waals surface area contributed by atoms with Crippen LogP contribution < -0.4 is 38.2 Å². The molecule has 190 valence electrons. The fraction of sp³-hybridized carbons (Fsp3) is 0. The molecule has 0 aliphatic carbocycles. The normalized spacial score (nSPS) is 11.7. The Hall–Kier alpha value is -4.49.